The largest absolute Gasteiger partial charge is 0.484 e. The van der Waals surface area contributed by atoms with Crippen molar-refractivity contribution in [3.8, 4) is 5.75 Å². The number of para-hydroxylation sites is 1. The lowest BCUT2D eigenvalue weighted by atomic mass is 10.1. The molecule has 0 radical (unpaired) electrons. The summed E-state index contributed by atoms with van der Waals surface area (Å²) in [7, 11) is 0. The fourth-order valence-corrected chi connectivity index (χ4v) is 4.72. The average Bonchev–Trinajstić information content (AvgIpc) is 3.45. The summed E-state index contributed by atoms with van der Waals surface area (Å²) < 4.78 is 13.3. The fraction of sp³-hybridized carbons (Fsp3) is 0.286. The lowest BCUT2D eigenvalue weighted by Crippen LogP contribution is -2.56. The van der Waals surface area contributed by atoms with E-state index in [2.05, 4.69) is 25.1 Å². The average molecular weight is 472 g/mol. The molecule has 1 saturated heterocycles. The Morgan fingerprint density at radius 3 is 2.63 bits per heavy atom. The molecule has 2 amide bonds. The highest BCUT2D eigenvalue weighted by Gasteiger charge is 2.32. The second kappa shape index (κ2) is 9.70. The number of benzene rings is 2. The molecule has 5 rings (SSSR count). The van der Waals surface area contributed by atoms with Crippen LogP contribution >= 0.6 is 0 Å². The van der Waals surface area contributed by atoms with E-state index < -0.39 is 0 Å². The van der Waals surface area contributed by atoms with Gasteiger partial charge in [0.2, 0.25) is 5.71 Å². The number of nitrogens with zero attached hydrogens (tertiary/aromatic N) is 3. The standard InChI is InChI=1S/C28H29N3O4/c1-20-7-6-8-22(15-20)18-31-25(16-23-11-14-34-28(23)31)27(33)29-12-13-30(21(2)17-29)26(32)19-35-24-9-4-3-5-10-24/h3-11,14-16,21H,12-13,17-19H2,1-2H3. The zero-order valence-corrected chi connectivity index (χ0v) is 20.0. The van der Waals surface area contributed by atoms with Crippen molar-refractivity contribution in [3.63, 3.8) is 0 Å². The predicted molar refractivity (Wildman–Crippen MR) is 134 cm³/mol. The number of amides is 2. The number of ether oxygens (including phenoxy) is 1. The topological polar surface area (TPSA) is 67.9 Å². The van der Waals surface area contributed by atoms with Crippen LogP contribution in [0, 0.1) is 6.92 Å². The third-order valence-electron chi connectivity index (χ3n) is 6.49. The van der Waals surface area contributed by atoms with E-state index in [0.717, 1.165) is 10.9 Å². The predicted octanol–water partition coefficient (Wildman–Crippen LogP) is 4.34. The van der Waals surface area contributed by atoms with Crippen LogP contribution in [-0.2, 0) is 11.3 Å². The number of fused-ring (bicyclic) bond motifs is 1. The van der Waals surface area contributed by atoms with Gasteiger partial charge in [0.25, 0.3) is 11.8 Å². The Morgan fingerprint density at radius 2 is 1.86 bits per heavy atom. The van der Waals surface area contributed by atoms with Gasteiger partial charge in [-0.05, 0) is 43.7 Å². The zero-order chi connectivity index (χ0) is 24.4. The summed E-state index contributed by atoms with van der Waals surface area (Å²) in [5.41, 5.74) is 3.56. The van der Waals surface area contributed by atoms with Crippen molar-refractivity contribution in [1.29, 1.82) is 0 Å². The quantitative estimate of drug-likeness (QED) is 0.420. The van der Waals surface area contributed by atoms with Crippen LogP contribution in [0.15, 0.2) is 77.4 Å². The molecular weight excluding hydrogens is 442 g/mol. The minimum absolute atomic E-state index is 0.0158. The molecule has 7 heteroatoms. The summed E-state index contributed by atoms with van der Waals surface area (Å²) in [6.45, 7) is 5.96. The van der Waals surface area contributed by atoms with Crippen molar-refractivity contribution >= 4 is 22.9 Å². The molecular formula is C28H29N3O4. The summed E-state index contributed by atoms with van der Waals surface area (Å²) in [6, 6.07) is 21.2. The third kappa shape index (κ3) is 4.80. The van der Waals surface area contributed by atoms with Crippen LogP contribution in [0.5, 0.6) is 5.75 Å². The summed E-state index contributed by atoms with van der Waals surface area (Å²) in [6.07, 6.45) is 1.65. The highest BCUT2D eigenvalue weighted by molar-refractivity contribution is 5.98. The lowest BCUT2D eigenvalue weighted by Gasteiger charge is -2.39. The highest BCUT2D eigenvalue weighted by Crippen LogP contribution is 2.25. The van der Waals surface area contributed by atoms with Gasteiger partial charge in [0.05, 0.1) is 12.8 Å². The molecule has 35 heavy (non-hydrogen) atoms. The van der Waals surface area contributed by atoms with E-state index in [0.29, 0.717) is 43.3 Å². The van der Waals surface area contributed by atoms with Crippen molar-refractivity contribution in [1.82, 2.24) is 14.4 Å². The van der Waals surface area contributed by atoms with E-state index in [1.165, 1.54) is 5.56 Å². The van der Waals surface area contributed by atoms with Crippen LogP contribution in [0.4, 0.5) is 0 Å². The maximum absolute atomic E-state index is 13.6. The molecule has 2 aromatic heterocycles. The molecule has 1 aliphatic rings. The number of hydrogen-bond donors (Lipinski definition) is 0. The van der Waals surface area contributed by atoms with Gasteiger partial charge in [-0.15, -0.1) is 0 Å². The van der Waals surface area contributed by atoms with Crippen molar-refractivity contribution in [3.05, 3.63) is 89.8 Å². The van der Waals surface area contributed by atoms with Crippen LogP contribution in [0.2, 0.25) is 0 Å². The first-order chi connectivity index (χ1) is 17.0. The number of rotatable bonds is 6. The normalized spacial score (nSPS) is 16.0. The van der Waals surface area contributed by atoms with Crippen molar-refractivity contribution in [2.24, 2.45) is 0 Å². The highest BCUT2D eigenvalue weighted by atomic mass is 16.5. The van der Waals surface area contributed by atoms with Crippen LogP contribution in [-0.4, -0.2) is 58.5 Å². The Labute approximate surface area is 204 Å². The summed E-state index contributed by atoms with van der Waals surface area (Å²) in [5, 5.41) is 0.904. The van der Waals surface area contributed by atoms with Gasteiger partial charge in [-0.2, -0.15) is 0 Å². The number of piperazine rings is 1. The SMILES string of the molecule is Cc1cccc(Cn2c(C(=O)N3CCN(C(=O)COc4ccccc4)C(C)C3)cc3ccoc32)c1. The molecule has 1 fully saturated rings. The minimum atomic E-state index is -0.109. The molecule has 0 N–H and O–H groups in total. The van der Waals surface area contributed by atoms with Crippen LogP contribution in [0.3, 0.4) is 0 Å². The molecule has 4 aromatic rings. The molecule has 2 aromatic carbocycles. The number of aryl methyl sites for hydroxylation is 1. The molecule has 180 valence electrons. The molecule has 1 aliphatic heterocycles. The molecule has 1 unspecified atom stereocenters. The Bertz CT molecular complexity index is 1340. The molecule has 0 saturated carbocycles. The summed E-state index contributed by atoms with van der Waals surface area (Å²) in [5.74, 6) is 0.540. The Hall–Kier alpha value is -4.00. The zero-order valence-electron chi connectivity index (χ0n) is 20.0. The first-order valence-corrected chi connectivity index (χ1v) is 11.9. The number of carbonyl (C=O) groups is 2. The molecule has 1 atom stereocenters. The first kappa shape index (κ1) is 22.8. The van der Waals surface area contributed by atoms with Gasteiger partial charge in [-0.3, -0.25) is 9.59 Å². The van der Waals surface area contributed by atoms with Gasteiger partial charge in [0, 0.05) is 31.1 Å². The smallest absolute Gasteiger partial charge is 0.270 e. The van der Waals surface area contributed by atoms with Crippen LogP contribution in [0.25, 0.3) is 11.1 Å². The Balaban J connectivity index is 1.28. The Morgan fingerprint density at radius 1 is 1.03 bits per heavy atom. The second-order valence-corrected chi connectivity index (χ2v) is 9.07. The van der Waals surface area contributed by atoms with Crippen molar-refractivity contribution in [2.45, 2.75) is 26.4 Å². The molecule has 3 heterocycles. The molecule has 0 aliphatic carbocycles. The van der Waals surface area contributed by atoms with Crippen molar-refractivity contribution in [2.75, 3.05) is 26.2 Å². The van der Waals surface area contributed by atoms with Gasteiger partial charge in [0.15, 0.2) is 6.61 Å². The van der Waals surface area contributed by atoms with Gasteiger partial charge >= 0.3 is 0 Å². The van der Waals surface area contributed by atoms with E-state index >= 15 is 0 Å². The number of furan rings is 1. The Kier molecular flexibility index (Phi) is 6.31. The van der Waals surface area contributed by atoms with Gasteiger partial charge in [0.1, 0.15) is 11.4 Å². The molecule has 7 nitrogen and oxygen atoms in total. The van der Waals surface area contributed by atoms with Crippen molar-refractivity contribution < 1.29 is 18.7 Å². The fourth-order valence-electron chi connectivity index (χ4n) is 4.72. The number of aromatic nitrogens is 1. The van der Waals surface area contributed by atoms with Gasteiger partial charge < -0.3 is 23.5 Å². The maximum Gasteiger partial charge on any atom is 0.270 e. The minimum Gasteiger partial charge on any atom is -0.484 e. The van der Waals surface area contributed by atoms with E-state index in [9.17, 15) is 9.59 Å². The lowest BCUT2D eigenvalue weighted by molar-refractivity contribution is -0.137. The maximum atomic E-state index is 13.6. The van der Waals surface area contributed by atoms with Crippen LogP contribution < -0.4 is 4.74 Å². The van der Waals surface area contributed by atoms with Crippen LogP contribution in [0.1, 0.15) is 28.5 Å². The number of carbonyl (C=O) groups excluding carboxylic acids is 2. The molecule has 0 bridgehead atoms. The third-order valence-corrected chi connectivity index (χ3v) is 6.49. The number of hydrogen-bond acceptors (Lipinski definition) is 4. The summed E-state index contributed by atoms with van der Waals surface area (Å²) in [4.78, 5) is 30.0. The van der Waals surface area contributed by atoms with E-state index in [-0.39, 0.29) is 24.5 Å². The van der Waals surface area contributed by atoms with E-state index in [1.807, 2.05) is 64.9 Å². The molecule has 0 spiro atoms. The van der Waals surface area contributed by atoms with E-state index in [1.54, 1.807) is 11.2 Å². The second-order valence-electron chi connectivity index (χ2n) is 9.07. The van der Waals surface area contributed by atoms with E-state index in [4.69, 9.17) is 9.15 Å². The van der Waals surface area contributed by atoms with Gasteiger partial charge in [-0.25, -0.2) is 0 Å². The summed E-state index contributed by atoms with van der Waals surface area (Å²) >= 11 is 0. The monoisotopic (exact) mass is 471 g/mol. The first-order valence-electron chi connectivity index (χ1n) is 11.9. The van der Waals surface area contributed by atoms with Gasteiger partial charge in [-0.1, -0.05) is 48.0 Å².